The predicted molar refractivity (Wildman–Crippen MR) is 94.3 cm³/mol. The van der Waals surface area contributed by atoms with E-state index in [2.05, 4.69) is 21.3 Å². The van der Waals surface area contributed by atoms with Gasteiger partial charge in [0.1, 0.15) is 0 Å². The van der Waals surface area contributed by atoms with E-state index in [4.69, 9.17) is 0 Å². The van der Waals surface area contributed by atoms with E-state index in [1.54, 1.807) is 11.1 Å². The Labute approximate surface area is 143 Å². The molecule has 0 radical (unpaired) electrons. The van der Waals surface area contributed by atoms with Crippen molar-refractivity contribution < 1.29 is 4.79 Å². The molecule has 0 spiro atoms. The molecule has 1 aliphatic heterocycles. The molecule has 1 fully saturated rings. The Kier molecular flexibility index (Phi) is 5.56. The number of amides is 1. The molecule has 0 bridgehead atoms. The van der Waals surface area contributed by atoms with E-state index in [-0.39, 0.29) is 11.9 Å². The number of rotatable bonds is 5. The van der Waals surface area contributed by atoms with Crippen molar-refractivity contribution >= 4 is 5.91 Å². The number of nitrogens with one attached hydrogen (secondary N) is 1. The molecule has 3 rings (SSSR count). The molecule has 24 heavy (non-hydrogen) atoms. The SMILES string of the molecule is CN(Cc1ccccc1)C(=O)CN1CCNCC1c1cccnc1. The lowest BCUT2D eigenvalue weighted by Gasteiger charge is -2.36. The van der Waals surface area contributed by atoms with Crippen LogP contribution in [0.25, 0.3) is 0 Å². The Bertz CT molecular complexity index is 647. The van der Waals surface area contributed by atoms with E-state index < -0.39 is 0 Å². The van der Waals surface area contributed by atoms with Gasteiger partial charge in [0.15, 0.2) is 0 Å². The van der Waals surface area contributed by atoms with Crippen LogP contribution in [0, 0.1) is 0 Å². The summed E-state index contributed by atoms with van der Waals surface area (Å²) < 4.78 is 0. The monoisotopic (exact) mass is 324 g/mol. The number of aromatic nitrogens is 1. The van der Waals surface area contributed by atoms with Crippen LogP contribution in [0.5, 0.6) is 0 Å². The van der Waals surface area contributed by atoms with Crippen LogP contribution in [0.4, 0.5) is 0 Å². The van der Waals surface area contributed by atoms with Gasteiger partial charge in [-0.05, 0) is 17.2 Å². The van der Waals surface area contributed by atoms with Crippen molar-refractivity contribution in [2.75, 3.05) is 33.2 Å². The second-order valence-corrected chi connectivity index (χ2v) is 6.21. The Morgan fingerprint density at radius 1 is 1.29 bits per heavy atom. The first-order valence-electron chi connectivity index (χ1n) is 8.36. The number of carbonyl (C=O) groups excluding carboxylic acids is 1. The van der Waals surface area contributed by atoms with Crippen molar-refractivity contribution in [3.63, 3.8) is 0 Å². The summed E-state index contributed by atoms with van der Waals surface area (Å²) >= 11 is 0. The van der Waals surface area contributed by atoms with Crippen LogP contribution in [0.15, 0.2) is 54.9 Å². The lowest BCUT2D eigenvalue weighted by atomic mass is 10.1. The van der Waals surface area contributed by atoms with Crippen molar-refractivity contribution in [1.82, 2.24) is 20.1 Å². The molecule has 1 N–H and O–H groups in total. The molecule has 0 saturated carbocycles. The number of hydrogen-bond donors (Lipinski definition) is 1. The maximum absolute atomic E-state index is 12.6. The van der Waals surface area contributed by atoms with Crippen molar-refractivity contribution in [2.24, 2.45) is 0 Å². The number of piperazine rings is 1. The molecule has 5 nitrogen and oxygen atoms in total. The van der Waals surface area contributed by atoms with Gasteiger partial charge in [-0.1, -0.05) is 36.4 Å². The highest BCUT2D eigenvalue weighted by Gasteiger charge is 2.26. The third kappa shape index (κ3) is 4.19. The van der Waals surface area contributed by atoms with Crippen molar-refractivity contribution in [3.05, 3.63) is 66.0 Å². The van der Waals surface area contributed by atoms with E-state index in [0.29, 0.717) is 13.1 Å². The summed E-state index contributed by atoms with van der Waals surface area (Å²) in [6.45, 7) is 3.70. The number of likely N-dealkylation sites (N-methyl/N-ethyl adjacent to an activating group) is 1. The van der Waals surface area contributed by atoms with Crippen molar-refractivity contribution in [1.29, 1.82) is 0 Å². The van der Waals surface area contributed by atoms with Crippen molar-refractivity contribution in [3.8, 4) is 0 Å². The first-order valence-corrected chi connectivity index (χ1v) is 8.36. The van der Waals surface area contributed by atoms with E-state index in [9.17, 15) is 4.79 Å². The summed E-state index contributed by atoms with van der Waals surface area (Å²) in [5.41, 5.74) is 2.31. The summed E-state index contributed by atoms with van der Waals surface area (Å²) in [6, 6.07) is 14.3. The molecule has 1 saturated heterocycles. The van der Waals surface area contributed by atoms with Crippen LogP contribution >= 0.6 is 0 Å². The average Bonchev–Trinajstić information content (AvgIpc) is 2.63. The summed E-state index contributed by atoms with van der Waals surface area (Å²) in [6.07, 6.45) is 3.67. The second kappa shape index (κ2) is 8.04. The number of hydrogen-bond acceptors (Lipinski definition) is 4. The fourth-order valence-corrected chi connectivity index (χ4v) is 3.08. The molecule has 2 heterocycles. The van der Waals surface area contributed by atoms with E-state index in [1.807, 2.05) is 49.6 Å². The number of carbonyl (C=O) groups is 1. The zero-order valence-electron chi connectivity index (χ0n) is 14.1. The Morgan fingerprint density at radius 3 is 2.88 bits per heavy atom. The molecule has 0 aliphatic carbocycles. The van der Waals surface area contributed by atoms with Crippen molar-refractivity contribution in [2.45, 2.75) is 12.6 Å². The highest BCUT2D eigenvalue weighted by Crippen LogP contribution is 2.21. The summed E-state index contributed by atoms with van der Waals surface area (Å²) in [5, 5.41) is 3.41. The molecule has 1 aromatic heterocycles. The molecular weight excluding hydrogens is 300 g/mol. The molecule has 1 amide bonds. The lowest BCUT2D eigenvalue weighted by molar-refractivity contribution is -0.132. The second-order valence-electron chi connectivity index (χ2n) is 6.21. The fraction of sp³-hybridized carbons (Fsp3) is 0.368. The molecular formula is C19H24N4O. The zero-order valence-corrected chi connectivity index (χ0v) is 14.1. The van der Waals surface area contributed by atoms with Gasteiger partial charge < -0.3 is 10.2 Å². The van der Waals surface area contributed by atoms with Gasteiger partial charge in [0.2, 0.25) is 5.91 Å². The standard InChI is InChI=1S/C19H24N4O/c1-22(14-16-6-3-2-4-7-16)19(24)15-23-11-10-21-13-18(23)17-8-5-9-20-12-17/h2-9,12,18,21H,10-11,13-15H2,1H3. The first kappa shape index (κ1) is 16.6. The number of nitrogens with zero attached hydrogens (tertiary/aromatic N) is 3. The minimum absolute atomic E-state index is 0.148. The van der Waals surface area contributed by atoms with Gasteiger partial charge >= 0.3 is 0 Å². The summed E-state index contributed by atoms with van der Waals surface area (Å²) in [5.74, 6) is 0.148. The normalized spacial score (nSPS) is 18.3. The van der Waals surface area contributed by atoms with E-state index >= 15 is 0 Å². The topological polar surface area (TPSA) is 48.5 Å². The van der Waals surface area contributed by atoms with Gasteiger partial charge in [-0.15, -0.1) is 0 Å². The minimum Gasteiger partial charge on any atom is -0.340 e. The predicted octanol–water partition coefficient (Wildman–Crippen LogP) is 1.69. The molecule has 5 heteroatoms. The largest absolute Gasteiger partial charge is 0.340 e. The smallest absolute Gasteiger partial charge is 0.236 e. The molecule has 1 unspecified atom stereocenters. The molecule has 1 atom stereocenters. The van der Waals surface area contributed by atoms with Crippen LogP contribution in [0.2, 0.25) is 0 Å². The minimum atomic E-state index is 0.148. The Balaban J connectivity index is 1.63. The Hall–Kier alpha value is -2.24. The number of benzene rings is 1. The third-order valence-electron chi connectivity index (χ3n) is 4.45. The maximum atomic E-state index is 12.6. The van der Waals surface area contributed by atoms with Gasteiger partial charge in [-0.2, -0.15) is 0 Å². The molecule has 1 aliphatic rings. The molecule has 1 aromatic carbocycles. The highest BCUT2D eigenvalue weighted by atomic mass is 16.2. The van der Waals surface area contributed by atoms with Crippen LogP contribution in [-0.2, 0) is 11.3 Å². The lowest BCUT2D eigenvalue weighted by Crippen LogP contribution is -2.49. The van der Waals surface area contributed by atoms with Crippen LogP contribution in [0.3, 0.4) is 0 Å². The van der Waals surface area contributed by atoms with Gasteiger partial charge in [-0.25, -0.2) is 0 Å². The van der Waals surface area contributed by atoms with E-state index in [0.717, 1.165) is 30.8 Å². The molecule has 2 aromatic rings. The first-order chi connectivity index (χ1) is 11.7. The average molecular weight is 324 g/mol. The van der Waals surface area contributed by atoms with Crippen LogP contribution in [-0.4, -0.2) is 53.9 Å². The Morgan fingerprint density at radius 2 is 2.12 bits per heavy atom. The summed E-state index contributed by atoms with van der Waals surface area (Å²) in [4.78, 5) is 20.9. The van der Waals surface area contributed by atoms with Gasteiger partial charge in [-0.3, -0.25) is 14.7 Å². The van der Waals surface area contributed by atoms with Crippen LogP contribution in [0.1, 0.15) is 17.2 Å². The van der Waals surface area contributed by atoms with Gasteiger partial charge in [0.05, 0.1) is 6.54 Å². The fourth-order valence-electron chi connectivity index (χ4n) is 3.08. The summed E-state index contributed by atoms with van der Waals surface area (Å²) in [7, 11) is 1.87. The van der Waals surface area contributed by atoms with Gasteiger partial charge in [0.25, 0.3) is 0 Å². The molecule has 126 valence electrons. The zero-order chi connectivity index (χ0) is 16.8. The maximum Gasteiger partial charge on any atom is 0.236 e. The van der Waals surface area contributed by atoms with Gasteiger partial charge in [0, 0.05) is 51.7 Å². The van der Waals surface area contributed by atoms with E-state index in [1.165, 1.54) is 0 Å². The van der Waals surface area contributed by atoms with Crippen LogP contribution < -0.4 is 5.32 Å². The highest BCUT2D eigenvalue weighted by molar-refractivity contribution is 5.78. The number of pyridine rings is 1. The quantitative estimate of drug-likeness (QED) is 0.909. The third-order valence-corrected chi connectivity index (χ3v) is 4.45.